The minimum atomic E-state index is -0.439. The summed E-state index contributed by atoms with van der Waals surface area (Å²) >= 11 is 11.9. The molecule has 0 aliphatic heterocycles. The van der Waals surface area contributed by atoms with Gasteiger partial charge in [-0.2, -0.15) is 5.06 Å². The lowest BCUT2D eigenvalue weighted by atomic mass is 10.2. The molecule has 0 aliphatic carbocycles. The fourth-order valence-electron chi connectivity index (χ4n) is 2.28. The predicted molar refractivity (Wildman–Crippen MR) is 106 cm³/mol. The van der Waals surface area contributed by atoms with Crippen molar-refractivity contribution in [3.63, 3.8) is 0 Å². The second-order valence-electron chi connectivity index (χ2n) is 5.45. The number of rotatable bonds is 5. The van der Waals surface area contributed by atoms with Crippen LogP contribution >= 0.6 is 23.2 Å². The number of urea groups is 1. The minimum Gasteiger partial charge on any atom is -0.306 e. The molecule has 0 heterocycles. The van der Waals surface area contributed by atoms with E-state index in [-0.39, 0.29) is 6.61 Å². The predicted octanol–water partition coefficient (Wildman–Crippen LogP) is 6.16. The maximum atomic E-state index is 12.7. The van der Waals surface area contributed by atoms with Crippen molar-refractivity contribution >= 4 is 40.6 Å². The number of anilines is 2. The van der Waals surface area contributed by atoms with Gasteiger partial charge in [0.1, 0.15) is 6.61 Å². The number of amides is 2. The first-order valence-corrected chi connectivity index (χ1v) is 8.67. The Morgan fingerprint density at radius 1 is 0.885 bits per heavy atom. The zero-order valence-electron chi connectivity index (χ0n) is 13.7. The number of hydroxylamine groups is 1. The normalized spacial score (nSPS) is 10.4. The highest BCUT2D eigenvalue weighted by atomic mass is 35.5. The second kappa shape index (κ2) is 8.72. The zero-order valence-corrected chi connectivity index (χ0v) is 15.2. The highest BCUT2D eigenvalue weighted by molar-refractivity contribution is 6.42. The highest BCUT2D eigenvalue weighted by Gasteiger charge is 2.17. The smallest absolute Gasteiger partial charge is 0.306 e. The molecule has 2 amide bonds. The van der Waals surface area contributed by atoms with Gasteiger partial charge < -0.3 is 5.32 Å². The molecule has 0 saturated carbocycles. The molecule has 0 fully saturated rings. The van der Waals surface area contributed by atoms with Gasteiger partial charge in [-0.15, -0.1) is 0 Å². The van der Waals surface area contributed by atoms with Crippen molar-refractivity contribution in [2.24, 2.45) is 0 Å². The van der Waals surface area contributed by atoms with E-state index >= 15 is 0 Å². The third kappa shape index (κ3) is 4.76. The Hall–Kier alpha value is -2.53. The summed E-state index contributed by atoms with van der Waals surface area (Å²) in [5.74, 6) is 0. The van der Waals surface area contributed by atoms with Crippen LogP contribution in [0.25, 0.3) is 0 Å². The number of nitrogens with zero attached hydrogens (tertiary/aromatic N) is 1. The molecule has 0 saturated heterocycles. The molecule has 0 aromatic heterocycles. The molecule has 4 nitrogen and oxygen atoms in total. The number of nitrogens with one attached hydrogen (secondary N) is 1. The van der Waals surface area contributed by atoms with Gasteiger partial charge in [0.05, 0.1) is 15.7 Å². The van der Waals surface area contributed by atoms with E-state index in [4.69, 9.17) is 28.0 Å². The number of para-hydroxylation sites is 1. The van der Waals surface area contributed by atoms with E-state index in [2.05, 4.69) is 5.32 Å². The molecule has 0 radical (unpaired) electrons. The first-order valence-electron chi connectivity index (χ1n) is 7.91. The Morgan fingerprint density at radius 2 is 1.54 bits per heavy atom. The van der Waals surface area contributed by atoms with Gasteiger partial charge in [0, 0.05) is 5.69 Å². The van der Waals surface area contributed by atoms with Gasteiger partial charge >= 0.3 is 6.03 Å². The van der Waals surface area contributed by atoms with E-state index in [1.807, 2.05) is 48.5 Å². The maximum absolute atomic E-state index is 12.7. The molecule has 6 heteroatoms. The average molecular weight is 387 g/mol. The molecule has 132 valence electrons. The Bertz CT molecular complexity index is 873. The quantitative estimate of drug-likeness (QED) is 0.533. The van der Waals surface area contributed by atoms with Crippen LogP contribution in [-0.4, -0.2) is 6.03 Å². The summed E-state index contributed by atoms with van der Waals surface area (Å²) in [6.07, 6.45) is 0. The standard InChI is InChI=1S/C20H16Cl2N2O2/c21-18-12-11-16(13-19(18)22)23-20(25)24(17-9-5-2-6-10-17)26-14-15-7-3-1-4-8-15/h1-13H,14H2,(H,23,25). The van der Waals surface area contributed by atoms with Crippen LogP contribution in [-0.2, 0) is 11.4 Å². The number of hydrogen-bond acceptors (Lipinski definition) is 2. The van der Waals surface area contributed by atoms with Crippen molar-refractivity contribution in [3.05, 3.63) is 94.5 Å². The largest absolute Gasteiger partial charge is 0.350 e. The lowest BCUT2D eigenvalue weighted by molar-refractivity contribution is 0.110. The Kier molecular flexibility index (Phi) is 6.12. The van der Waals surface area contributed by atoms with Crippen LogP contribution in [0.2, 0.25) is 10.0 Å². The van der Waals surface area contributed by atoms with Crippen molar-refractivity contribution < 1.29 is 9.63 Å². The number of hydrogen-bond donors (Lipinski definition) is 1. The summed E-state index contributed by atoms with van der Waals surface area (Å²) in [6, 6.07) is 23.2. The van der Waals surface area contributed by atoms with Crippen LogP contribution in [0.15, 0.2) is 78.9 Å². The summed E-state index contributed by atoms with van der Waals surface area (Å²) in [5, 5.41) is 4.76. The Labute approximate surface area is 161 Å². The van der Waals surface area contributed by atoms with Crippen molar-refractivity contribution in [1.29, 1.82) is 0 Å². The van der Waals surface area contributed by atoms with Crippen molar-refractivity contribution in [1.82, 2.24) is 0 Å². The summed E-state index contributed by atoms with van der Waals surface area (Å²) in [7, 11) is 0. The van der Waals surface area contributed by atoms with E-state index in [0.717, 1.165) is 5.56 Å². The molecule has 1 N–H and O–H groups in total. The van der Waals surface area contributed by atoms with Gasteiger partial charge in [-0.25, -0.2) is 4.79 Å². The van der Waals surface area contributed by atoms with Crippen LogP contribution in [0, 0.1) is 0 Å². The Balaban J connectivity index is 1.77. The van der Waals surface area contributed by atoms with Crippen LogP contribution in [0.1, 0.15) is 5.56 Å². The van der Waals surface area contributed by atoms with Crippen LogP contribution in [0.5, 0.6) is 0 Å². The minimum absolute atomic E-state index is 0.254. The molecule has 0 aliphatic rings. The van der Waals surface area contributed by atoms with Gasteiger partial charge in [-0.1, -0.05) is 71.7 Å². The van der Waals surface area contributed by atoms with Crippen LogP contribution in [0.4, 0.5) is 16.2 Å². The van der Waals surface area contributed by atoms with Crippen LogP contribution < -0.4 is 10.4 Å². The number of carbonyl (C=O) groups excluding carboxylic acids is 1. The van der Waals surface area contributed by atoms with Crippen molar-refractivity contribution in [2.45, 2.75) is 6.61 Å². The van der Waals surface area contributed by atoms with E-state index in [9.17, 15) is 4.79 Å². The van der Waals surface area contributed by atoms with E-state index < -0.39 is 6.03 Å². The van der Waals surface area contributed by atoms with E-state index in [1.165, 1.54) is 5.06 Å². The number of halogens is 2. The number of carbonyl (C=O) groups is 1. The van der Waals surface area contributed by atoms with E-state index in [0.29, 0.717) is 21.4 Å². The maximum Gasteiger partial charge on any atom is 0.350 e. The second-order valence-corrected chi connectivity index (χ2v) is 6.26. The molecule has 0 spiro atoms. The monoisotopic (exact) mass is 386 g/mol. The third-order valence-electron chi connectivity index (χ3n) is 3.55. The number of benzene rings is 3. The lowest BCUT2D eigenvalue weighted by Gasteiger charge is -2.22. The van der Waals surface area contributed by atoms with Gasteiger partial charge in [0.25, 0.3) is 0 Å². The molecule has 3 rings (SSSR count). The third-order valence-corrected chi connectivity index (χ3v) is 4.29. The van der Waals surface area contributed by atoms with Gasteiger partial charge in [-0.05, 0) is 35.9 Å². The molecular formula is C20H16Cl2N2O2. The molecule has 0 bridgehead atoms. The van der Waals surface area contributed by atoms with E-state index in [1.54, 1.807) is 30.3 Å². The lowest BCUT2D eigenvalue weighted by Crippen LogP contribution is -2.35. The summed E-state index contributed by atoms with van der Waals surface area (Å²) in [5.41, 5.74) is 2.09. The summed E-state index contributed by atoms with van der Waals surface area (Å²) in [6.45, 7) is 0.254. The molecule has 3 aromatic rings. The molecule has 26 heavy (non-hydrogen) atoms. The van der Waals surface area contributed by atoms with Gasteiger partial charge in [0.15, 0.2) is 0 Å². The van der Waals surface area contributed by atoms with Gasteiger partial charge in [0.2, 0.25) is 0 Å². The first-order chi connectivity index (χ1) is 12.6. The molecule has 3 aromatic carbocycles. The zero-order chi connectivity index (χ0) is 18.4. The average Bonchev–Trinajstić information content (AvgIpc) is 2.67. The summed E-state index contributed by atoms with van der Waals surface area (Å²) < 4.78 is 0. The molecule has 0 unspecified atom stereocenters. The SMILES string of the molecule is O=C(Nc1ccc(Cl)c(Cl)c1)N(OCc1ccccc1)c1ccccc1. The molecule has 0 atom stereocenters. The topological polar surface area (TPSA) is 41.6 Å². The molecular weight excluding hydrogens is 371 g/mol. The highest BCUT2D eigenvalue weighted by Crippen LogP contribution is 2.26. The van der Waals surface area contributed by atoms with Gasteiger partial charge in [-0.3, -0.25) is 4.84 Å². The fourth-order valence-corrected chi connectivity index (χ4v) is 2.57. The van der Waals surface area contributed by atoms with Crippen molar-refractivity contribution in [2.75, 3.05) is 10.4 Å². The first kappa shape index (κ1) is 18.3. The summed E-state index contributed by atoms with van der Waals surface area (Å²) in [4.78, 5) is 18.5. The van der Waals surface area contributed by atoms with Crippen LogP contribution in [0.3, 0.4) is 0 Å². The van der Waals surface area contributed by atoms with Crippen molar-refractivity contribution in [3.8, 4) is 0 Å². The Morgan fingerprint density at radius 3 is 2.19 bits per heavy atom. The fraction of sp³-hybridized carbons (Fsp3) is 0.0500.